The van der Waals surface area contributed by atoms with Crippen LogP contribution in [0.4, 0.5) is 5.82 Å². The zero-order chi connectivity index (χ0) is 15.6. The highest BCUT2D eigenvalue weighted by Gasteiger charge is 2.45. The van der Waals surface area contributed by atoms with Gasteiger partial charge in [-0.3, -0.25) is 0 Å². The highest BCUT2D eigenvalue weighted by molar-refractivity contribution is 5.42. The van der Waals surface area contributed by atoms with Gasteiger partial charge in [-0.25, -0.2) is 4.98 Å². The van der Waals surface area contributed by atoms with E-state index in [9.17, 15) is 5.11 Å². The predicted molar refractivity (Wildman–Crippen MR) is 83.4 cm³/mol. The average Bonchev–Trinajstić information content (AvgIpc) is 2.58. The lowest BCUT2D eigenvalue weighted by atomic mass is 9.70. The second kappa shape index (κ2) is 6.23. The van der Waals surface area contributed by atoms with Crippen molar-refractivity contribution < 1.29 is 9.84 Å². The molecular weight excluding hydrogens is 278 g/mol. The van der Waals surface area contributed by atoms with Gasteiger partial charge in [-0.2, -0.15) is 5.26 Å². The summed E-state index contributed by atoms with van der Waals surface area (Å²) in [7, 11) is 0. The molecule has 0 radical (unpaired) electrons. The summed E-state index contributed by atoms with van der Waals surface area (Å²) < 4.78 is 5.43. The van der Waals surface area contributed by atoms with Crippen LogP contribution in [0.2, 0.25) is 0 Å². The molecule has 5 nitrogen and oxygen atoms in total. The van der Waals surface area contributed by atoms with Gasteiger partial charge in [0.2, 0.25) is 0 Å². The number of anilines is 1. The maximum Gasteiger partial charge on any atom is 0.128 e. The number of pyridine rings is 1. The first-order valence-electron chi connectivity index (χ1n) is 8.04. The topological polar surface area (TPSA) is 69.4 Å². The lowest BCUT2D eigenvalue weighted by molar-refractivity contribution is -0.108. The Hall–Kier alpha value is -1.64. The van der Waals surface area contributed by atoms with E-state index in [1.54, 1.807) is 12.3 Å². The van der Waals surface area contributed by atoms with E-state index in [-0.39, 0.29) is 5.92 Å². The standard InChI is InChI=1S/C17H23N3O2/c1-13-12-20(16-3-2-14(10-18)11-19-16)7-6-17(13,21)15-4-8-22-9-5-15/h2-3,11,13,15,21H,4-9,12H2,1H3/t13-,17+/m1/s1. The smallest absolute Gasteiger partial charge is 0.128 e. The number of hydrogen-bond donors (Lipinski definition) is 1. The molecule has 0 saturated carbocycles. The molecule has 1 N–H and O–H groups in total. The van der Waals surface area contributed by atoms with E-state index in [1.807, 2.05) is 6.07 Å². The van der Waals surface area contributed by atoms with Crippen LogP contribution in [0.1, 0.15) is 31.7 Å². The first-order chi connectivity index (χ1) is 10.6. The molecule has 2 aliphatic rings. The molecule has 2 aliphatic heterocycles. The molecule has 0 unspecified atom stereocenters. The molecule has 22 heavy (non-hydrogen) atoms. The van der Waals surface area contributed by atoms with Crippen molar-refractivity contribution in [1.82, 2.24) is 4.98 Å². The quantitative estimate of drug-likeness (QED) is 0.904. The molecule has 2 atom stereocenters. The van der Waals surface area contributed by atoms with Crippen molar-refractivity contribution >= 4 is 5.82 Å². The van der Waals surface area contributed by atoms with Crippen molar-refractivity contribution in [2.45, 2.75) is 31.8 Å². The Morgan fingerprint density at radius 1 is 1.41 bits per heavy atom. The summed E-state index contributed by atoms with van der Waals surface area (Å²) in [6.07, 6.45) is 4.28. The highest BCUT2D eigenvalue weighted by atomic mass is 16.5. The summed E-state index contributed by atoms with van der Waals surface area (Å²) in [6, 6.07) is 5.78. The molecular formula is C17H23N3O2. The molecule has 1 aromatic rings. The normalized spacial score (nSPS) is 30.0. The lowest BCUT2D eigenvalue weighted by Crippen LogP contribution is -2.56. The van der Waals surface area contributed by atoms with Crippen LogP contribution < -0.4 is 4.90 Å². The van der Waals surface area contributed by atoms with Crippen molar-refractivity contribution in [2.75, 3.05) is 31.2 Å². The third-order valence-corrected chi connectivity index (χ3v) is 5.26. The molecule has 5 heteroatoms. The van der Waals surface area contributed by atoms with Gasteiger partial charge in [0.25, 0.3) is 0 Å². The van der Waals surface area contributed by atoms with Gasteiger partial charge in [0, 0.05) is 38.4 Å². The zero-order valence-corrected chi connectivity index (χ0v) is 13.0. The van der Waals surface area contributed by atoms with Gasteiger partial charge in [0.15, 0.2) is 0 Å². The van der Waals surface area contributed by atoms with Gasteiger partial charge in [0.1, 0.15) is 11.9 Å². The SMILES string of the molecule is C[C@@H]1CN(c2ccc(C#N)cn2)CC[C@@]1(O)C1CCOCC1. The molecule has 0 bridgehead atoms. The van der Waals surface area contributed by atoms with Gasteiger partial charge < -0.3 is 14.7 Å². The van der Waals surface area contributed by atoms with E-state index < -0.39 is 5.60 Å². The van der Waals surface area contributed by atoms with Crippen LogP contribution >= 0.6 is 0 Å². The number of aromatic nitrogens is 1. The second-order valence-corrected chi connectivity index (χ2v) is 6.49. The van der Waals surface area contributed by atoms with Crippen LogP contribution in [0, 0.1) is 23.2 Å². The van der Waals surface area contributed by atoms with Crippen LogP contribution in [0.15, 0.2) is 18.3 Å². The fourth-order valence-electron chi connectivity index (χ4n) is 3.79. The number of hydrogen-bond acceptors (Lipinski definition) is 5. The Bertz CT molecular complexity index is 548. The predicted octanol–water partition coefficient (Wildman–Crippen LogP) is 1.96. The minimum Gasteiger partial charge on any atom is -0.389 e. The summed E-state index contributed by atoms with van der Waals surface area (Å²) in [5, 5.41) is 20.0. The molecule has 3 rings (SSSR count). The third kappa shape index (κ3) is 2.81. The van der Waals surface area contributed by atoms with E-state index in [0.29, 0.717) is 11.5 Å². The van der Waals surface area contributed by atoms with Crippen molar-refractivity contribution in [1.29, 1.82) is 5.26 Å². The monoisotopic (exact) mass is 301 g/mol. The van der Waals surface area contributed by atoms with Crippen LogP contribution in [-0.4, -0.2) is 42.0 Å². The van der Waals surface area contributed by atoms with Gasteiger partial charge in [0.05, 0.1) is 11.2 Å². The number of nitrogens with zero attached hydrogens (tertiary/aromatic N) is 3. The molecule has 2 fully saturated rings. The first kappa shape index (κ1) is 15.3. The number of nitriles is 1. The van der Waals surface area contributed by atoms with E-state index in [4.69, 9.17) is 10.00 Å². The number of piperidine rings is 1. The minimum atomic E-state index is -0.590. The van der Waals surface area contributed by atoms with Crippen molar-refractivity contribution in [3.05, 3.63) is 23.9 Å². The van der Waals surface area contributed by atoms with Crippen LogP contribution in [0.3, 0.4) is 0 Å². The molecule has 2 saturated heterocycles. The molecule has 0 aromatic carbocycles. The Labute approximate surface area is 131 Å². The van der Waals surface area contributed by atoms with Crippen molar-refractivity contribution in [3.8, 4) is 6.07 Å². The summed E-state index contributed by atoms with van der Waals surface area (Å²) >= 11 is 0. The van der Waals surface area contributed by atoms with Crippen molar-refractivity contribution in [2.24, 2.45) is 11.8 Å². The van der Waals surface area contributed by atoms with E-state index in [0.717, 1.165) is 51.4 Å². The number of ether oxygens (including phenoxy) is 1. The lowest BCUT2D eigenvalue weighted by Gasteiger charge is -2.48. The van der Waals surface area contributed by atoms with Gasteiger partial charge >= 0.3 is 0 Å². The van der Waals surface area contributed by atoms with Crippen LogP contribution in [0.5, 0.6) is 0 Å². The maximum atomic E-state index is 11.2. The molecule has 118 valence electrons. The van der Waals surface area contributed by atoms with Crippen LogP contribution in [-0.2, 0) is 4.74 Å². The van der Waals surface area contributed by atoms with Gasteiger partial charge in [-0.05, 0) is 37.3 Å². The zero-order valence-electron chi connectivity index (χ0n) is 13.0. The summed E-state index contributed by atoms with van der Waals surface area (Å²) in [5.41, 5.74) is -0.0140. The molecule has 0 amide bonds. The molecule has 1 aromatic heterocycles. The van der Waals surface area contributed by atoms with E-state index in [1.165, 1.54) is 0 Å². The van der Waals surface area contributed by atoms with Crippen LogP contribution in [0.25, 0.3) is 0 Å². The Morgan fingerprint density at radius 3 is 2.77 bits per heavy atom. The number of rotatable bonds is 2. The molecule has 0 aliphatic carbocycles. The Kier molecular flexibility index (Phi) is 4.32. The Balaban J connectivity index is 1.69. The molecule has 0 spiro atoms. The third-order valence-electron chi connectivity index (χ3n) is 5.26. The number of aliphatic hydroxyl groups is 1. The average molecular weight is 301 g/mol. The summed E-state index contributed by atoms with van der Waals surface area (Å²) in [4.78, 5) is 6.58. The molecule has 3 heterocycles. The highest BCUT2D eigenvalue weighted by Crippen LogP contribution is 2.40. The maximum absolute atomic E-state index is 11.2. The van der Waals surface area contributed by atoms with Gasteiger partial charge in [-0.15, -0.1) is 0 Å². The fourth-order valence-corrected chi connectivity index (χ4v) is 3.79. The first-order valence-corrected chi connectivity index (χ1v) is 8.04. The summed E-state index contributed by atoms with van der Waals surface area (Å²) in [5.74, 6) is 1.42. The van der Waals surface area contributed by atoms with E-state index >= 15 is 0 Å². The van der Waals surface area contributed by atoms with E-state index in [2.05, 4.69) is 22.9 Å². The largest absolute Gasteiger partial charge is 0.389 e. The summed E-state index contributed by atoms with van der Waals surface area (Å²) in [6.45, 7) is 5.26. The minimum absolute atomic E-state index is 0.196. The van der Waals surface area contributed by atoms with Crippen molar-refractivity contribution in [3.63, 3.8) is 0 Å². The second-order valence-electron chi connectivity index (χ2n) is 6.49. The fraction of sp³-hybridized carbons (Fsp3) is 0.647. The Morgan fingerprint density at radius 2 is 2.18 bits per heavy atom. The van der Waals surface area contributed by atoms with Gasteiger partial charge in [-0.1, -0.05) is 6.92 Å².